The number of nitrogens with zero attached hydrogens (tertiary/aromatic N) is 1. The number of carbonyl (C=O) groups is 1. The monoisotopic (exact) mass is 305 g/mol. The van der Waals surface area contributed by atoms with Crippen LogP contribution in [0.3, 0.4) is 0 Å². The van der Waals surface area contributed by atoms with E-state index in [2.05, 4.69) is 10.3 Å². The van der Waals surface area contributed by atoms with Gasteiger partial charge < -0.3 is 15.2 Å². The molecule has 3 rings (SSSR count). The molecule has 1 unspecified atom stereocenters. The number of ether oxygens (including phenoxy) is 2. The fraction of sp³-hybridized carbons (Fsp3) is 0.286. The van der Waals surface area contributed by atoms with E-state index in [4.69, 9.17) is 15.2 Å². The Kier molecular flexibility index (Phi) is 4.14. The Bertz CT molecular complexity index is 621. The number of nitrogens with two attached hydrogens (primary N) is 1. The number of benzene rings is 1. The van der Waals surface area contributed by atoms with Crippen LogP contribution < -0.4 is 11.1 Å². The third-order valence-electron chi connectivity index (χ3n) is 3.05. The van der Waals surface area contributed by atoms with E-state index in [0.29, 0.717) is 24.0 Å². The highest BCUT2D eigenvalue weighted by Gasteiger charge is 2.23. The van der Waals surface area contributed by atoms with Gasteiger partial charge in [0.1, 0.15) is 0 Å². The number of hydrogen-bond donors (Lipinski definition) is 2. The molecular weight excluding hydrogens is 290 g/mol. The SMILES string of the molecule is Nc1ccc(-c2csc(NC(=O)C3COCCO3)n2)cc1. The van der Waals surface area contributed by atoms with Gasteiger partial charge in [0, 0.05) is 16.6 Å². The first kappa shape index (κ1) is 14.0. The van der Waals surface area contributed by atoms with E-state index in [0.717, 1.165) is 11.3 Å². The second-order valence-electron chi connectivity index (χ2n) is 4.58. The van der Waals surface area contributed by atoms with Crippen molar-refractivity contribution in [1.82, 2.24) is 4.98 Å². The number of hydrogen-bond acceptors (Lipinski definition) is 6. The lowest BCUT2D eigenvalue weighted by atomic mass is 10.1. The molecule has 1 aliphatic rings. The summed E-state index contributed by atoms with van der Waals surface area (Å²) in [5.41, 5.74) is 8.12. The van der Waals surface area contributed by atoms with E-state index >= 15 is 0 Å². The maximum Gasteiger partial charge on any atom is 0.257 e. The minimum absolute atomic E-state index is 0.229. The number of rotatable bonds is 3. The molecule has 0 bridgehead atoms. The van der Waals surface area contributed by atoms with Crippen LogP contribution in [-0.4, -0.2) is 36.8 Å². The second-order valence-corrected chi connectivity index (χ2v) is 5.44. The number of nitrogens with one attached hydrogen (secondary N) is 1. The Hall–Kier alpha value is -1.96. The number of aromatic nitrogens is 1. The van der Waals surface area contributed by atoms with Crippen LogP contribution in [0.4, 0.5) is 10.8 Å². The number of anilines is 2. The van der Waals surface area contributed by atoms with E-state index in [9.17, 15) is 4.79 Å². The summed E-state index contributed by atoms with van der Waals surface area (Å²) in [6, 6.07) is 7.43. The molecule has 0 radical (unpaired) electrons. The molecule has 1 aromatic heterocycles. The molecule has 0 saturated carbocycles. The predicted molar refractivity (Wildman–Crippen MR) is 81.2 cm³/mol. The number of thiazole rings is 1. The van der Waals surface area contributed by atoms with Gasteiger partial charge >= 0.3 is 0 Å². The molecule has 1 saturated heterocycles. The molecule has 2 heterocycles. The van der Waals surface area contributed by atoms with Crippen molar-refractivity contribution in [3.63, 3.8) is 0 Å². The quantitative estimate of drug-likeness (QED) is 0.844. The Morgan fingerprint density at radius 2 is 2.14 bits per heavy atom. The third kappa shape index (κ3) is 3.38. The van der Waals surface area contributed by atoms with Gasteiger partial charge in [-0.25, -0.2) is 4.98 Å². The Balaban J connectivity index is 1.67. The lowest BCUT2D eigenvalue weighted by molar-refractivity contribution is -0.142. The van der Waals surface area contributed by atoms with Crippen molar-refractivity contribution >= 4 is 28.1 Å². The molecule has 3 N–H and O–H groups in total. The molecule has 110 valence electrons. The summed E-state index contributed by atoms with van der Waals surface area (Å²) in [5.74, 6) is -0.229. The van der Waals surface area contributed by atoms with Gasteiger partial charge in [0.15, 0.2) is 11.2 Å². The van der Waals surface area contributed by atoms with Crippen LogP contribution in [-0.2, 0) is 14.3 Å². The van der Waals surface area contributed by atoms with Crippen molar-refractivity contribution in [3.05, 3.63) is 29.6 Å². The van der Waals surface area contributed by atoms with Crippen molar-refractivity contribution in [2.75, 3.05) is 30.9 Å². The minimum Gasteiger partial charge on any atom is -0.399 e. The minimum atomic E-state index is -0.567. The van der Waals surface area contributed by atoms with Crippen LogP contribution in [0.15, 0.2) is 29.6 Å². The highest BCUT2D eigenvalue weighted by atomic mass is 32.1. The van der Waals surface area contributed by atoms with Crippen LogP contribution in [0.5, 0.6) is 0 Å². The van der Waals surface area contributed by atoms with Gasteiger partial charge in [0.25, 0.3) is 5.91 Å². The van der Waals surface area contributed by atoms with E-state index in [1.54, 1.807) is 0 Å². The summed E-state index contributed by atoms with van der Waals surface area (Å²) in [6.45, 7) is 1.25. The van der Waals surface area contributed by atoms with Crippen molar-refractivity contribution in [2.24, 2.45) is 0 Å². The summed E-state index contributed by atoms with van der Waals surface area (Å²) >= 11 is 1.37. The van der Waals surface area contributed by atoms with E-state index < -0.39 is 6.10 Å². The highest BCUT2D eigenvalue weighted by Crippen LogP contribution is 2.25. The normalized spacial score (nSPS) is 18.4. The van der Waals surface area contributed by atoms with Crippen molar-refractivity contribution < 1.29 is 14.3 Å². The Labute approximate surface area is 125 Å². The smallest absolute Gasteiger partial charge is 0.257 e. The van der Waals surface area contributed by atoms with E-state index in [1.165, 1.54) is 11.3 Å². The van der Waals surface area contributed by atoms with Crippen LogP contribution in [0.1, 0.15) is 0 Å². The molecule has 21 heavy (non-hydrogen) atoms. The van der Waals surface area contributed by atoms with Gasteiger partial charge in [-0.05, 0) is 12.1 Å². The van der Waals surface area contributed by atoms with Gasteiger partial charge in [-0.15, -0.1) is 11.3 Å². The van der Waals surface area contributed by atoms with E-state index in [-0.39, 0.29) is 12.5 Å². The van der Waals surface area contributed by atoms with Gasteiger partial charge in [0.2, 0.25) is 0 Å². The van der Waals surface area contributed by atoms with Crippen LogP contribution in [0.25, 0.3) is 11.3 Å². The summed E-state index contributed by atoms with van der Waals surface area (Å²) in [5, 5.41) is 5.18. The first-order chi connectivity index (χ1) is 10.2. The zero-order valence-electron chi connectivity index (χ0n) is 11.2. The predicted octanol–water partition coefficient (Wildman–Crippen LogP) is 1.75. The lowest BCUT2D eigenvalue weighted by Gasteiger charge is -2.21. The average molecular weight is 305 g/mol. The van der Waals surface area contributed by atoms with Crippen LogP contribution in [0.2, 0.25) is 0 Å². The number of amides is 1. The standard InChI is InChI=1S/C14H15N3O3S/c15-10-3-1-9(2-4-10)11-8-21-14(16-11)17-13(18)12-7-19-5-6-20-12/h1-4,8,12H,5-7,15H2,(H,16,17,18). The van der Waals surface area contributed by atoms with Gasteiger partial charge in [-0.3, -0.25) is 10.1 Å². The molecule has 0 spiro atoms. The molecule has 6 nitrogen and oxygen atoms in total. The molecule has 0 aliphatic carbocycles. The van der Waals surface area contributed by atoms with Crippen molar-refractivity contribution in [1.29, 1.82) is 0 Å². The summed E-state index contributed by atoms with van der Waals surface area (Å²) in [7, 11) is 0. The van der Waals surface area contributed by atoms with Gasteiger partial charge in [-0.1, -0.05) is 12.1 Å². The maximum atomic E-state index is 12.0. The Morgan fingerprint density at radius 1 is 1.33 bits per heavy atom. The van der Waals surface area contributed by atoms with Crippen LogP contribution in [0, 0.1) is 0 Å². The zero-order chi connectivity index (χ0) is 14.7. The number of carbonyl (C=O) groups excluding carboxylic acids is 1. The largest absolute Gasteiger partial charge is 0.399 e. The fourth-order valence-corrected chi connectivity index (χ4v) is 2.67. The summed E-state index contributed by atoms with van der Waals surface area (Å²) in [6.07, 6.45) is -0.567. The first-order valence-corrected chi connectivity index (χ1v) is 7.42. The molecule has 2 aromatic rings. The highest BCUT2D eigenvalue weighted by molar-refractivity contribution is 7.14. The number of nitrogen functional groups attached to an aromatic ring is 1. The average Bonchev–Trinajstić information content (AvgIpc) is 2.97. The summed E-state index contributed by atoms with van der Waals surface area (Å²) in [4.78, 5) is 16.4. The molecule has 7 heteroatoms. The van der Waals surface area contributed by atoms with Gasteiger partial charge in [0.05, 0.1) is 25.5 Å². The van der Waals surface area contributed by atoms with Crippen LogP contribution >= 0.6 is 11.3 Å². The zero-order valence-corrected chi connectivity index (χ0v) is 12.1. The van der Waals surface area contributed by atoms with Crippen molar-refractivity contribution in [2.45, 2.75) is 6.10 Å². The Morgan fingerprint density at radius 3 is 2.86 bits per heavy atom. The second kappa shape index (κ2) is 6.21. The topological polar surface area (TPSA) is 86.5 Å². The molecule has 1 aromatic carbocycles. The summed E-state index contributed by atoms with van der Waals surface area (Å²) < 4.78 is 10.6. The van der Waals surface area contributed by atoms with Gasteiger partial charge in [-0.2, -0.15) is 0 Å². The molecule has 1 amide bonds. The first-order valence-electron chi connectivity index (χ1n) is 6.54. The fourth-order valence-electron chi connectivity index (χ4n) is 1.94. The molecule has 1 aliphatic heterocycles. The molecule has 1 fully saturated rings. The third-order valence-corrected chi connectivity index (χ3v) is 3.81. The van der Waals surface area contributed by atoms with Crippen molar-refractivity contribution in [3.8, 4) is 11.3 Å². The molecular formula is C14H15N3O3S. The maximum absolute atomic E-state index is 12.0. The molecule has 1 atom stereocenters. The lowest BCUT2D eigenvalue weighted by Crippen LogP contribution is -2.39. The van der Waals surface area contributed by atoms with E-state index in [1.807, 2.05) is 29.6 Å².